The van der Waals surface area contributed by atoms with E-state index in [1.807, 2.05) is 18.2 Å². The van der Waals surface area contributed by atoms with E-state index in [4.69, 9.17) is 9.47 Å². The molecule has 1 atom stereocenters. The largest absolute Gasteiger partial charge is 0.454 e. The SMILES string of the molecule is CC(O)(CNC(=O)c1ccccc1I)c1ccc2c(c1)OCO2. The van der Waals surface area contributed by atoms with Gasteiger partial charge in [-0.25, -0.2) is 0 Å². The van der Waals surface area contributed by atoms with E-state index < -0.39 is 5.60 Å². The first-order chi connectivity index (χ1) is 11.0. The highest BCUT2D eigenvalue weighted by Crippen LogP contribution is 2.35. The molecule has 3 rings (SSSR count). The van der Waals surface area contributed by atoms with Gasteiger partial charge in [0.25, 0.3) is 5.91 Å². The van der Waals surface area contributed by atoms with Crippen molar-refractivity contribution in [3.63, 3.8) is 0 Å². The van der Waals surface area contributed by atoms with Gasteiger partial charge in [0.2, 0.25) is 6.79 Å². The van der Waals surface area contributed by atoms with Gasteiger partial charge in [-0.15, -0.1) is 0 Å². The number of rotatable bonds is 4. The first-order valence-corrected chi connectivity index (χ1v) is 8.20. The Morgan fingerprint density at radius 2 is 2.00 bits per heavy atom. The summed E-state index contributed by atoms with van der Waals surface area (Å²) in [6.07, 6.45) is 0. The van der Waals surface area contributed by atoms with Gasteiger partial charge >= 0.3 is 0 Å². The Hall–Kier alpha value is -1.80. The molecule has 0 saturated carbocycles. The third-order valence-corrected chi connectivity index (χ3v) is 4.65. The highest BCUT2D eigenvalue weighted by molar-refractivity contribution is 14.1. The Kier molecular flexibility index (Phi) is 4.45. The van der Waals surface area contributed by atoms with E-state index >= 15 is 0 Å². The van der Waals surface area contributed by atoms with Crippen LogP contribution in [-0.2, 0) is 5.60 Å². The molecule has 1 amide bonds. The number of fused-ring (bicyclic) bond motifs is 1. The van der Waals surface area contributed by atoms with Gasteiger partial charge in [0, 0.05) is 3.57 Å². The Morgan fingerprint density at radius 3 is 2.78 bits per heavy atom. The minimum Gasteiger partial charge on any atom is -0.454 e. The number of hydrogen-bond donors (Lipinski definition) is 2. The lowest BCUT2D eigenvalue weighted by Crippen LogP contribution is -2.38. The number of aliphatic hydroxyl groups is 1. The van der Waals surface area contributed by atoms with Gasteiger partial charge in [0.05, 0.1) is 12.1 Å². The van der Waals surface area contributed by atoms with Crippen LogP contribution in [0.2, 0.25) is 0 Å². The first-order valence-electron chi connectivity index (χ1n) is 7.12. The van der Waals surface area contributed by atoms with Crippen molar-refractivity contribution in [3.05, 3.63) is 57.2 Å². The summed E-state index contributed by atoms with van der Waals surface area (Å²) in [5.74, 6) is 1.05. The van der Waals surface area contributed by atoms with E-state index in [-0.39, 0.29) is 19.2 Å². The molecule has 0 aromatic heterocycles. The molecular weight excluding hydrogens is 409 g/mol. The van der Waals surface area contributed by atoms with E-state index in [0.29, 0.717) is 22.6 Å². The second kappa shape index (κ2) is 6.37. The molecule has 23 heavy (non-hydrogen) atoms. The number of benzene rings is 2. The van der Waals surface area contributed by atoms with Gasteiger partial charge in [-0.3, -0.25) is 4.79 Å². The van der Waals surface area contributed by atoms with Crippen molar-refractivity contribution in [1.82, 2.24) is 5.32 Å². The van der Waals surface area contributed by atoms with Crippen LogP contribution in [0.25, 0.3) is 0 Å². The molecule has 0 radical (unpaired) electrons. The molecule has 120 valence electrons. The second-order valence-electron chi connectivity index (χ2n) is 5.50. The zero-order valence-corrected chi connectivity index (χ0v) is 14.7. The van der Waals surface area contributed by atoms with Gasteiger partial charge in [-0.1, -0.05) is 18.2 Å². The molecule has 0 fully saturated rings. The van der Waals surface area contributed by atoms with Crippen LogP contribution in [-0.4, -0.2) is 24.4 Å². The Bertz CT molecular complexity index is 745. The fraction of sp³-hybridized carbons (Fsp3) is 0.235. The third-order valence-electron chi connectivity index (χ3n) is 3.71. The molecule has 2 aromatic rings. The van der Waals surface area contributed by atoms with Crippen molar-refractivity contribution < 1.29 is 19.4 Å². The molecule has 0 bridgehead atoms. The molecule has 1 unspecified atom stereocenters. The predicted octanol–water partition coefficient (Wildman–Crippen LogP) is 2.66. The molecule has 1 aliphatic rings. The van der Waals surface area contributed by atoms with Crippen LogP contribution < -0.4 is 14.8 Å². The number of halogens is 1. The van der Waals surface area contributed by atoms with Gasteiger partial charge in [0.15, 0.2) is 11.5 Å². The smallest absolute Gasteiger partial charge is 0.252 e. The van der Waals surface area contributed by atoms with Crippen molar-refractivity contribution in [2.75, 3.05) is 13.3 Å². The topological polar surface area (TPSA) is 67.8 Å². The molecule has 5 nitrogen and oxygen atoms in total. The van der Waals surface area contributed by atoms with Gasteiger partial charge in [0.1, 0.15) is 5.60 Å². The molecule has 6 heteroatoms. The molecule has 1 aliphatic heterocycles. The Balaban J connectivity index is 1.71. The molecular formula is C17H16INO4. The average molecular weight is 425 g/mol. The minimum atomic E-state index is -1.21. The van der Waals surface area contributed by atoms with E-state index in [2.05, 4.69) is 27.9 Å². The van der Waals surface area contributed by atoms with Crippen molar-refractivity contribution in [3.8, 4) is 11.5 Å². The molecule has 0 saturated heterocycles. The van der Waals surface area contributed by atoms with Crippen LogP contribution in [0.4, 0.5) is 0 Å². The Morgan fingerprint density at radius 1 is 1.26 bits per heavy atom. The van der Waals surface area contributed by atoms with Crippen molar-refractivity contribution in [2.45, 2.75) is 12.5 Å². The number of amides is 1. The summed E-state index contributed by atoms with van der Waals surface area (Å²) >= 11 is 2.11. The zero-order chi connectivity index (χ0) is 16.4. The lowest BCUT2D eigenvalue weighted by Gasteiger charge is -2.24. The quantitative estimate of drug-likeness (QED) is 0.740. The first kappa shape index (κ1) is 16.1. The summed E-state index contributed by atoms with van der Waals surface area (Å²) in [4.78, 5) is 12.3. The lowest BCUT2D eigenvalue weighted by molar-refractivity contribution is 0.0524. The summed E-state index contributed by atoms with van der Waals surface area (Å²) < 4.78 is 11.5. The van der Waals surface area contributed by atoms with Gasteiger partial charge < -0.3 is 19.9 Å². The predicted molar refractivity (Wildman–Crippen MR) is 93.6 cm³/mol. The molecule has 0 spiro atoms. The zero-order valence-electron chi connectivity index (χ0n) is 12.5. The van der Waals surface area contributed by atoms with Crippen LogP contribution in [0.15, 0.2) is 42.5 Å². The summed E-state index contributed by atoms with van der Waals surface area (Å²) in [6.45, 7) is 1.93. The summed E-state index contributed by atoms with van der Waals surface area (Å²) in [5.41, 5.74) is 0.0380. The minimum absolute atomic E-state index is 0.0937. The molecule has 2 aromatic carbocycles. The van der Waals surface area contributed by atoms with Crippen LogP contribution >= 0.6 is 22.6 Å². The maximum absolute atomic E-state index is 12.3. The normalized spacial score (nSPS) is 15.1. The van der Waals surface area contributed by atoms with Gasteiger partial charge in [-0.2, -0.15) is 0 Å². The lowest BCUT2D eigenvalue weighted by atomic mass is 9.95. The number of nitrogens with one attached hydrogen (secondary N) is 1. The third kappa shape index (κ3) is 3.42. The Labute approximate surface area is 147 Å². The van der Waals surface area contributed by atoms with E-state index in [1.54, 1.807) is 31.2 Å². The number of hydrogen-bond acceptors (Lipinski definition) is 4. The maximum atomic E-state index is 12.3. The van der Waals surface area contributed by atoms with Crippen molar-refractivity contribution >= 4 is 28.5 Å². The fourth-order valence-corrected chi connectivity index (χ4v) is 2.96. The van der Waals surface area contributed by atoms with Crippen LogP contribution in [0.3, 0.4) is 0 Å². The number of carbonyl (C=O) groups is 1. The summed E-state index contributed by atoms with van der Waals surface area (Å²) in [6, 6.07) is 12.6. The molecule has 0 aliphatic carbocycles. The van der Waals surface area contributed by atoms with Crippen LogP contribution in [0.5, 0.6) is 11.5 Å². The van der Waals surface area contributed by atoms with E-state index in [0.717, 1.165) is 3.57 Å². The fourth-order valence-electron chi connectivity index (χ4n) is 2.33. The monoisotopic (exact) mass is 425 g/mol. The average Bonchev–Trinajstić information content (AvgIpc) is 3.00. The molecule has 2 N–H and O–H groups in total. The summed E-state index contributed by atoms with van der Waals surface area (Å²) in [5, 5.41) is 13.4. The number of ether oxygens (including phenoxy) is 2. The number of carbonyl (C=O) groups excluding carboxylic acids is 1. The van der Waals surface area contributed by atoms with Gasteiger partial charge in [-0.05, 0) is 59.3 Å². The van der Waals surface area contributed by atoms with Crippen LogP contribution in [0, 0.1) is 3.57 Å². The van der Waals surface area contributed by atoms with E-state index in [1.165, 1.54) is 0 Å². The molecule has 1 heterocycles. The summed E-state index contributed by atoms with van der Waals surface area (Å²) in [7, 11) is 0. The maximum Gasteiger partial charge on any atom is 0.252 e. The van der Waals surface area contributed by atoms with Crippen molar-refractivity contribution in [2.24, 2.45) is 0 Å². The highest BCUT2D eigenvalue weighted by atomic mass is 127. The van der Waals surface area contributed by atoms with Crippen LogP contribution in [0.1, 0.15) is 22.8 Å². The standard InChI is InChI=1S/C17H16INO4/c1-17(21,11-6-7-14-15(8-11)23-10-22-14)9-19-16(20)12-4-2-3-5-13(12)18/h2-8,21H,9-10H2,1H3,(H,19,20). The van der Waals surface area contributed by atoms with Crippen molar-refractivity contribution in [1.29, 1.82) is 0 Å². The highest BCUT2D eigenvalue weighted by Gasteiger charge is 2.27. The van der Waals surface area contributed by atoms with E-state index in [9.17, 15) is 9.90 Å². The second-order valence-corrected chi connectivity index (χ2v) is 6.67.